The van der Waals surface area contributed by atoms with Crippen molar-refractivity contribution in [3.05, 3.63) is 23.8 Å². The molecule has 0 saturated heterocycles. The van der Waals surface area contributed by atoms with Gasteiger partial charge in [-0.15, -0.1) is 0 Å². The number of ether oxygens (including phenoxy) is 2. The molecule has 6 heteroatoms. The minimum Gasteiger partial charge on any atom is -0.486 e. The van der Waals surface area contributed by atoms with Crippen molar-refractivity contribution in [3.63, 3.8) is 0 Å². The molecule has 0 saturated carbocycles. The van der Waals surface area contributed by atoms with E-state index in [4.69, 9.17) is 21.1 Å². The molecule has 4 N–H and O–H groups in total. The maximum atomic E-state index is 11.6. The minimum absolute atomic E-state index is 0.360. The Hall–Kier alpha value is -1.79. The van der Waals surface area contributed by atoms with E-state index in [2.05, 4.69) is 0 Å². The Bertz CT molecular complexity index is 434. The van der Waals surface area contributed by atoms with Gasteiger partial charge in [0.15, 0.2) is 11.5 Å². The molecule has 0 aliphatic carbocycles. The lowest BCUT2D eigenvalue weighted by atomic mass is 10.1. The van der Waals surface area contributed by atoms with Crippen LogP contribution in [0, 0.1) is 0 Å². The molecule has 92 valence electrons. The van der Waals surface area contributed by atoms with Crippen LogP contribution in [0.4, 0.5) is 0 Å². The fraction of sp³-hybridized carbons (Fsp3) is 0.364. The summed E-state index contributed by atoms with van der Waals surface area (Å²) in [4.78, 5) is 11.6. The van der Waals surface area contributed by atoms with Crippen molar-refractivity contribution in [2.24, 2.45) is 11.6 Å². The first kappa shape index (κ1) is 11.7. The van der Waals surface area contributed by atoms with Gasteiger partial charge < -0.3 is 15.2 Å². The number of carbonyl (C=O) groups is 1. The molecule has 0 spiro atoms. The molecule has 0 aromatic heterocycles. The molecule has 6 nitrogen and oxygen atoms in total. The van der Waals surface area contributed by atoms with Gasteiger partial charge in [0.05, 0.1) is 0 Å². The van der Waals surface area contributed by atoms with Gasteiger partial charge in [-0.2, -0.15) is 0 Å². The lowest BCUT2D eigenvalue weighted by Crippen LogP contribution is -2.40. The first-order valence-electron chi connectivity index (χ1n) is 5.27. The number of carbonyl (C=O) groups excluding carboxylic acids is 1. The molecule has 1 aromatic rings. The molecule has 1 heterocycles. The van der Waals surface area contributed by atoms with Gasteiger partial charge in [-0.3, -0.25) is 9.80 Å². The first-order valence-corrected chi connectivity index (χ1v) is 5.27. The van der Waals surface area contributed by atoms with E-state index in [9.17, 15) is 4.79 Å². The summed E-state index contributed by atoms with van der Waals surface area (Å²) in [5, 5.41) is 0.974. The largest absolute Gasteiger partial charge is 0.486 e. The predicted octanol–water partition coefficient (Wildman–Crippen LogP) is -0.210. The number of rotatable bonds is 2. The minimum atomic E-state index is -0.791. The van der Waals surface area contributed by atoms with Gasteiger partial charge in [0.2, 0.25) is 0 Å². The number of fused-ring (bicyclic) bond motifs is 1. The van der Waals surface area contributed by atoms with Crippen LogP contribution in [0.2, 0.25) is 0 Å². The van der Waals surface area contributed by atoms with Crippen molar-refractivity contribution in [1.82, 2.24) is 5.01 Å². The number of nitrogens with zero attached hydrogens (tertiary/aromatic N) is 1. The zero-order valence-electron chi connectivity index (χ0n) is 9.55. The van der Waals surface area contributed by atoms with Gasteiger partial charge in [-0.1, -0.05) is 6.07 Å². The maximum absolute atomic E-state index is 11.6. The van der Waals surface area contributed by atoms with Gasteiger partial charge in [0.25, 0.3) is 5.91 Å². The van der Waals surface area contributed by atoms with Crippen LogP contribution < -0.4 is 21.1 Å². The molecule has 1 amide bonds. The summed E-state index contributed by atoms with van der Waals surface area (Å²) < 4.78 is 10.8. The fourth-order valence-corrected chi connectivity index (χ4v) is 1.62. The Labute approximate surface area is 99.0 Å². The van der Waals surface area contributed by atoms with Crippen LogP contribution in [0.1, 0.15) is 11.6 Å². The standard InChI is InChI=1S/C11H15N3O3/c1-14(13)11(15)10(12)7-2-3-8-9(6-7)17-5-4-16-8/h2-3,6,10H,4-5,12-13H2,1H3. The molecule has 1 atom stereocenters. The van der Waals surface area contributed by atoms with E-state index < -0.39 is 6.04 Å². The quantitative estimate of drug-likeness (QED) is 0.422. The van der Waals surface area contributed by atoms with Gasteiger partial charge >= 0.3 is 0 Å². The molecule has 0 radical (unpaired) electrons. The second-order valence-electron chi connectivity index (χ2n) is 3.83. The average molecular weight is 237 g/mol. The summed E-state index contributed by atoms with van der Waals surface area (Å²) in [6.45, 7) is 1.03. The van der Waals surface area contributed by atoms with Crippen LogP contribution >= 0.6 is 0 Å². The number of hydrogen-bond donors (Lipinski definition) is 2. The number of likely N-dealkylation sites (N-methyl/N-ethyl adjacent to an activating group) is 1. The molecular formula is C11H15N3O3. The Morgan fingerprint density at radius 3 is 2.65 bits per heavy atom. The van der Waals surface area contributed by atoms with E-state index in [0.717, 1.165) is 5.01 Å². The fourth-order valence-electron chi connectivity index (χ4n) is 1.62. The number of nitrogens with two attached hydrogens (primary N) is 2. The summed E-state index contributed by atoms with van der Waals surface area (Å²) in [5.41, 5.74) is 6.45. The zero-order chi connectivity index (χ0) is 12.4. The van der Waals surface area contributed by atoms with Crippen LogP contribution in [-0.2, 0) is 4.79 Å². The highest BCUT2D eigenvalue weighted by atomic mass is 16.6. The lowest BCUT2D eigenvalue weighted by Gasteiger charge is -2.21. The molecule has 0 fully saturated rings. The highest BCUT2D eigenvalue weighted by molar-refractivity contribution is 5.82. The number of amides is 1. The third-order valence-corrected chi connectivity index (χ3v) is 2.54. The van der Waals surface area contributed by atoms with E-state index in [1.807, 2.05) is 0 Å². The van der Waals surface area contributed by atoms with Crippen molar-refractivity contribution >= 4 is 5.91 Å². The van der Waals surface area contributed by atoms with E-state index in [-0.39, 0.29) is 5.91 Å². The molecule has 1 aliphatic heterocycles. The van der Waals surface area contributed by atoms with Gasteiger partial charge in [0, 0.05) is 7.05 Å². The van der Waals surface area contributed by atoms with Crippen LogP contribution in [0.25, 0.3) is 0 Å². The molecule has 17 heavy (non-hydrogen) atoms. The van der Waals surface area contributed by atoms with E-state index in [1.165, 1.54) is 7.05 Å². The smallest absolute Gasteiger partial charge is 0.257 e. The SMILES string of the molecule is CN(N)C(=O)C(N)c1ccc2c(c1)OCCO2. The van der Waals surface area contributed by atoms with Gasteiger partial charge in [-0.05, 0) is 17.7 Å². The average Bonchev–Trinajstić information content (AvgIpc) is 2.36. The second-order valence-corrected chi connectivity index (χ2v) is 3.83. The summed E-state index contributed by atoms with van der Waals surface area (Å²) in [5.74, 6) is 6.28. The van der Waals surface area contributed by atoms with Crippen LogP contribution in [0.15, 0.2) is 18.2 Å². The summed E-state index contributed by atoms with van der Waals surface area (Å²) in [7, 11) is 1.46. The monoisotopic (exact) mass is 237 g/mol. The normalized spacial score (nSPS) is 15.2. The third kappa shape index (κ3) is 2.32. The molecule has 2 rings (SSSR count). The zero-order valence-corrected chi connectivity index (χ0v) is 9.55. The van der Waals surface area contributed by atoms with Crippen molar-refractivity contribution in [1.29, 1.82) is 0 Å². The van der Waals surface area contributed by atoms with Crippen molar-refractivity contribution in [3.8, 4) is 11.5 Å². The van der Waals surface area contributed by atoms with E-state index in [0.29, 0.717) is 30.3 Å². The number of hydrogen-bond acceptors (Lipinski definition) is 5. The molecule has 1 aliphatic rings. The van der Waals surface area contributed by atoms with Crippen LogP contribution in [-0.4, -0.2) is 31.2 Å². The topological polar surface area (TPSA) is 90.8 Å². The van der Waals surface area contributed by atoms with Crippen LogP contribution in [0.3, 0.4) is 0 Å². The summed E-state index contributed by atoms with van der Waals surface area (Å²) in [6, 6.07) is 4.40. The van der Waals surface area contributed by atoms with Crippen molar-refractivity contribution in [2.75, 3.05) is 20.3 Å². The Morgan fingerprint density at radius 1 is 1.35 bits per heavy atom. The second kappa shape index (κ2) is 4.60. The molecule has 1 unspecified atom stereocenters. The Morgan fingerprint density at radius 2 is 2.00 bits per heavy atom. The van der Waals surface area contributed by atoms with Gasteiger partial charge in [-0.25, -0.2) is 5.84 Å². The Balaban J connectivity index is 2.24. The molecule has 1 aromatic carbocycles. The van der Waals surface area contributed by atoms with E-state index >= 15 is 0 Å². The predicted molar refractivity (Wildman–Crippen MR) is 61.3 cm³/mol. The lowest BCUT2D eigenvalue weighted by molar-refractivity contribution is -0.131. The van der Waals surface area contributed by atoms with Crippen molar-refractivity contribution < 1.29 is 14.3 Å². The molecular weight excluding hydrogens is 222 g/mol. The summed E-state index contributed by atoms with van der Waals surface area (Å²) >= 11 is 0. The maximum Gasteiger partial charge on any atom is 0.257 e. The van der Waals surface area contributed by atoms with E-state index in [1.54, 1.807) is 18.2 Å². The third-order valence-electron chi connectivity index (χ3n) is 2.54. The summed E-state index contributed by atoms with van der Waals surface area (Å²) in [6.07, 6.45) is 0. The highest BCUT2D eigenvalue weighted by Crippen LogP contribution is 2.32. The number of benzene rings is 1. The number of hydrazine groups is 1. The first-order chi connectivity index (χ1) is 8.09. The molecule has 0 bridgehead atoms. The van der Waals surface area contributed by atoms with Gasteiger partial charge in [0.1, 0.15) is 19.3 Å². The Kier molecular flexibility index (Phi) is 3.16. The highest BCUT2D eigenvalue weighted by Gasteiger charge is 2.20. The van der Waals surface area contributed by atoms with Crippen molar-refractivity contribution in [2.45, 2.75) is 6.04 Å². The van der Waals surface area contributed by atoms with Crippen LogP contribution in [0.5, 0.6) is 11.5 Å².